The van der Waals surface area contributed by atoms with Gasteiger partial charge in [-0.1, -0.05) is 38.8 Å². The number of fused-ring (bicyclic) bond motifs is 4. The number of aryl methyl sites for hydroxylation is 1. The molecule has 4 atom stereocenters. The fourth-order valence-electron chi connectivity index (χ4n) is 7.98. The van der Waals surface area contributed by atoms with Gasteiger partial charge in [0.25, 0.3) is 5.91 Å². The van der Waals surface area contributed by atoms with E-state index in [2.05, 4.69) is 20.3 Å². The summed E-state index contributed by atoms with van der Waals surface area (Å²) < 4.78 is 93.8. The third-order valence-corrected chi connectivity index (χ3v) is 13.5. The molecule has 0 bridgehead atoms. The third-order valence-electron chi connectivity index (χ3n) is 11.3. The Balaban J connectivity index is 1.37. The smallest absolute Gasteiger partial charge is 0.437 e. The summed E-state index contributed by atoms with van der Waals surface area (Å²) in [5, 5.41) is 5.68. The van der Waals surface area contributed by atoms with Gasteiger partial charge in [-0.2, -0.15) is 13.2 Å². The lowest BCUT2D eigenvalue weighted by molar-refractivity contribution is -0.144. The zero-order chi connectivity index (χ0) is 42.8. The highest BCUT2D eigenvalue weighted by atomic mass is 32.2. The lowest BCUT2D eigenvalue weighted by Gasteiger charge is -2.37. The zero-order valence-corrected chi connectivity index (χ0v) is 34.4. The minimum absolute atomic E-state index is 0.000476. The number of alkyl carbamates (subject to hydrolysis) is 1. The van der Waals surface area contributed by atoms with Crippen LogP contribution in [0.4, 0.5) is 18.0 Å². The van der Waals surface area contributed by atoms with Crippen LogP contribution in [0.2, 0.25) is 0 Å². The average Bonchev–Trinajstić information content (AvgIpc) is 3.89. The van der Waals surface area contributed by atoms with E-state index in [1.54, 1.807) is 12.1 Å². The molecule has 1 aromatic carbocycles. The first-order valence-electron chi connectivity index (χ1n) is 19.9. The van der Waals surface area contributed by atoms with Crippen molar-refractivity contribution in [3.63, 3.8) is 0 Å². The fourth-order valence-corrected chi connectivity index (χ4v) is 9.52. The number of sulfonamides is 1. The van der Waals surface area contributed by atoms with Gasteiger partial charge in [-0.15, -0.1) is 0 Å². The van der Waals surface area contributed by atoms with E-state index in [0.717, 1.165) is 0 Å². The van der Waals surface area contributed by atoms with Crippen LogP contribution < -0.4 is 24.8 Å². The van der Waals surface area contributed by atoms with Gasteiger partial charge >= 0.3 is 12.3 Å². The quantitative estimate of drug-likeness (QED) is 0.297. The molecule has 2 fully saturated rings. The number of allylic oxidation sites excluding steroid dienone is 1. The molecular weight excluding hydrogens is 800 g/mol. The second-order valence-corrected chi connectivity index (χ2v) is 18.4. The maximum absolute atomic E-state index is 14.7. The topological polar surface area (TPSA) is 192 Å². The van der Waals surface area contributed by atoms with Crippen molar-refractivity contribution in [3.8, 4) is 11.5 Å². The van der Waals surface area contributed by atoms with Crippen LogP contribution >= 0.6 is 0 Å². The summed E-state index contributed by atoms with van der Waals surface area (Å²) in [4.78, 5) is 60.9. The molecule has 4 amide bonds. The predicted molar refractivity (Wildman–Crippen MR) is 208 cm³/mol. The maximum Gasteiger partial charge on any atom is 0.437 e. The number of hydrogen-bond acceptors (Lipinski definition) is 11. The van der Waals surface area contributed by atoms with Gasteiger partial charge in [-0.25, -0.2) is 18.2 Å². The minimum atomic E-state index is -4.94. The molecule has 2 aromatic rings. The number of amides is 4. The Morgan fingerprint density at radius 3 is 2.54 bits per heavy atom. The number of pyridine rings is 1. The SMILES string of the molecule is COCC1(S(=O)(=O)NC(=O)[C@H]2C/C=C\CCCCC[C@H](NC(=O)OCC(C)C)C(=O)N3C[C@@]4(CCc5c(c(C(F)(F)F)nc6ccc(OC)cc56)O4)C[C@H]3C(=O)N2)CC1. The molecule has 324 valence electrons. The summed E-state index contributed by atoms with van der Waals surface area (Å²) in [6.45, 7) is 3.29. The van der Waals surface area contributed by atoms with Gasteiger partial charge in [-0.05, 0) is 75.5 Å². The minimum Gasteiger partial charge on any atom is -0.497 e. The van der Waals surface area contributed by atoms with Gasteiger partial charge in [0.15, 0.2) is 11.4 Å². The number of rotatable bonds is 9. The molecule has 1 aliphatic carbocycles. The molecule has 0 unspecified atom stereocenters. The Hall–Kier alpha value is -4.65. The van der Waals surface area contributed by atoms with E-state index < -0.39 is 79.9 Å². The van der Waals surface area contributed by atoms with Gasteiger partial charge < -0.3 is 34.5 Å². The summed E-state index contributed by atoms with van der Waals surface area (Å²) in [5.74, 6) is -2.68. The van der Waals surface area contributed by atoms with E-state index in [1.807, 2.05) is 19.9 Å². The first-order valence-corrected chi connectivity index (χ1v) is 21.4. The Bertz CT molecular complexity index is 2080. The Kier molecular flexibility index (Phi) is 13.0. The van der Waals surface area contributed by atoms with Crippen molar-refractivity contribution in [3.05, 3.63) is 41.6 Å². The molecule has 15 nitrogen and oxygen atoms in total. The van der Waals surface area contributed by atoms with Crippen molar-refractivity contribution in [2.24, 2.45) is 5.92 Å². The highest BCUT2D eigenvalue weighted by molar-refractivity contribution is 7.91. The largest absolute Gasteiger partial charge is 0.497 e. The summed E-state index contributed by atoms with van der Waals surface area (Å²) >= 11 is 0. The van der Waals surface area contributed by atoms with Crippen molar-refractivity contribution >= 4 is 44.7 Å². The van der Waals surface area contributed by atoms with E-state index in [4.69, 9.17) is 18.9 Å². The molecule has 1 aromatic heterocycles. The van der Waals surface area contributed by atoms with E-state index in [9.17, 15) is 40.8 Å². The number of methoxy groups -OCH3 is 2. The summed E-state index contributed by atoms with van der Waals surface area (Å²) in [7, 11) is -1.44. The second-order valence-electron chi connectivity index (χ2n) is 16.3. The third kappa shape index (κ3) is 9.71. The van der Waals surface area contributed by atoms with Crippen molar-refractivity contribution < 1.29 is 59.7 Å². The average molecular weight is 852 g/mol. The number of halogens is 3. The monoisotopic (exact) mass is 851 g/mol. The number of ether oxygens (including phenoxy) is 4. The number of nitrogens with zero attached hydrogens (tertiary/aromatic N) is 2. The number of alkyl halides is 3. The molecule has 3 aliphatic heterocycles. The molecule has 1 spiro atoms. The molecule has 4 aliphatic rings. The van der Waals surface area contributed by atoms with Crippen molar-refractivity contribution in [2.75, 3.05) is 34.0 Å². The van der Waals surface area contributed by atoms with E-state index >= 15 is 0 Å². The lowest BCUT2D eigenvalue weighted by Crippen LogP contribution is -2.57. The molecule has 4 heterocycles. The lowest BCUT2D eigenvalue weighted by atomic mass is 9.87. The van der Waals surface area contributed by atoms with Gasteiger partial charge in [0, 0.05) is 24.5 Å². The Labute approximate surface area is 341 Å². The molecule has 19 heteroatoms. The number of nitrogens with one attached hydrogen (secondary N) is 3. The van der Waals surface area contributed by atoms with E-state index in [1.165, 1.54) is 31.3 Å². The van der Waals surface area contributed by atoms with Crippen molar-refractivity contribution in [1.29, 1.82) is 0 Å². The number of carbonyl (C=O) groups is 4. The number of aromatic nitrogens is 1. The van der Waals surface area contributed by atoms with Crippen LogP contribution in [0.1, 0.15) is 89.3 Å². The Morgan fingerprint density at radius 1 is 1.10 bits per heavy atom. The summed E-state index contributed by atoms with van der Waals surface area (Å²) in [5.41, 5.74) is -2.47. The van der Waals surface area contributed by atoms with E-state index in [0.29, 0.717) is 36.8 Å². The molecule has 1 saturated carbocycles. The molecule has 6 rings (SSSR count). The van der Waals surface area contributed by atoms with Crippen LogP contribution in [0.25, 0.3) is 10.9 Å². The van der Waals surface area contributed by atoms with Crippen LogP contribution in [0, 0.1) is 5.92 Å². The first-order chi connectivity index (χ1) is 27.9. The van der Waals surface area contributed by atoms with Gasteiger partial charge in [-0.3, -0.25) is 19.1 Å². The van der Waals surface area contributed by atoms with Gasteiger partial charge in [0.2, 0.25) is 21.8 Å². The van der Waals surface area contributed by atoms with Gasteiger partial charge in [0.1, 0.15) is 34.2 Å². The standard InChI is InChI=1S/C40H52F3N5O10S/c1-24(2)21-57-37(52)46-30-12-10-8-6-5-7-9-11-29(34(49)47-59(53,54)39(17-18-39)23-55-3)45-35(50)31-20-38(22-48(31)36(30)51)16-15-26-27-19-25(56-4)13-14-28(27)44-33(32(26)58-38)40(41,42)43/h7,9,13-14,19,24,29-31H,5-6,8,10-12,15-18,20-23H2,1-4H3,(H,45,50)(H,46,52)(H,47,49)/b9-7-/t29-,30+,31+,38-/m1/s1. The van der Waals surface area contributed by atoms with Crippen LogP contribution in [0.15, 0.2) is 30.4 Å². The molecule has 0 radical (unpaired) electrons. The Morgan fingerprint density at radius 2 is 1.86 bits per heavy atom. The maximum atomic E-state index is 14.7. The second kappa shape index (κ2) is 17.5. The molecule has 3 N–H and O–H groups in total. The normalized spacial score (nSPS) is 25.5. The number of hydrogen-bond donors (Lipinski definition) is 3. The predicted octanol–water partition coefficient (Wildman–Crippen LogP) is 4.70. The molecular formula is C40H52F3N5O10S. The van der Waals surface area contributed by atoms with Crippen molar-refractivity contribution in [1.82, 2.24) is 25.2 Å². The van der Waals surface area contributed by atoms with Crippen LogP contribution in [0.5, 0.6) is 11.5 Å². The summed E-state index contributed by atoms with van der Waals surface area (Å²) in [6.07, 6.45) is 0.601. The van der Waals surface area contributed by atoms with Gasteiger partial charge in [0.05, 0.1) is 32.4 Å². The number of benzene rings is 1. The van der Waals surface area contributed by atoms with E-state index in [-0.39, 0.29) is 81.7 Å². The van der Waals surface area contributed by atoms with Crippen LogP contribution in [-0.4, -0.2) is 105 Å². The highest BCUT2D eigenvalue weighted by Gasteiger charge is 2.57. The molecule has 1 saturated heterocycles. The molecule has 59 heavy (non-hydrogen) atoms. The highest BCUT2D eigenvalue weighted by Crippen LogP contribution is 2.49. The fraction of sp³-hybridized carbons (Fsp3) is 0.625. The summed E-state index contributed by atoms with van der Waals surface area (Å²) in [6, 6.07) is 0.503. The van der Waals surface area contributed by atoms with Crippen LogP contribution in [-0.2, 0) is 46.5 Å². The van der Waals surface area contributed by atoms with Crippen molar-refractivity contribution in [2.45, 2.75) is 119 Å². The first kappa shape index (κ1) is 43.9. The number of carbonyl (C=O) groups excluding carboxylic acids is 4. The van der Waals surface area contributed by atoms with Crippen LogP contribution in [0.3, 0.4) is 0 Å². The zero-order valence-electron chi connectivity index (χ0n) is 33.6.